The lowest BCUT2D eigenvalue weighted by molar-refractivity contribution is 0.172. The van der Waals surface area contributed by atoms with Gasteiger partial charge in [0.05, 0.1) is 5.51 Å². The van der Waals surface area contributed by atoms with Gasteiger partial charge >= 0.3 is 0 Å². The van der Waals surface area contributed by atoms with Crippen LogP contribution >= 0.6 is 11.3 Å². The van der Waals surface area contributed by atoms with Crippen molar-refractivity contribution in [1.82, 2.24) is 9.88 Å². The van der Waals surface area contributed by atoms with Crippen LogP contribution < -0.4 is 10.0 Å². The molecule has 2 heterocycles. The molecule has 0 spiro atoms. The third kappa shape index (κ3) is 4.87. The predicted octanol–water partition coefficient (Wildman–Crippen LogP) is 4.92. The van der Waals surface area contributed by atoms with Crippen molar-refractivity contribution in [3.05, 3.63) is 69.5 Å². The van der Waals surface area contributed by atoms with Crippen LogP contribution in [0.3, 0.4) is 0 Å². The Morgan fingerprint density at radius 1 is 1.15 bits per heavy atom. The number of hydrogen-bond donors (Lipinski definition) is 2. The first-order chi connectivity index (χ1) is 15.9. The SMILES string of the molecule is O=S(=O)(Nc1cscn1)c1c(F)cc(NCc2c(CN3CCC3)cccc2C2CC2)cc1F. The molecule has 0 radical (unpaired) electrons. The van der Waals surface area contributed by atoms with E-state index in [9.17, 15) is 17.2 Å². The number of nitrogens with one attached hydrogen (secondary N) is 2. The normalized spacial score (nSPS) is 16.4. The van der Waals surface area contributed by atoms with Gasteiger partial charge in [-0.1, -0.05) is 18.2 Å². The predicted molar refractivity (Wildman–Crippen MR) is 125 cm³/mol. The Labute approximate surface area is 195 Å². The monoisotopic (exact) mass is 490 g/mol. The zero-order valence-corrected chi connectivity index (χ0v) is 19.5. The summed E-state index contributed by atoms with van der Waals surface area (Å²) < 4.78 is 56.6. The quantitative estimate of drug-likeness (QED) is 0.446. The van der Waals surface area contributed by atoms with Crippen LogP contribution in [0.2, 0.25) is 0 Å². The van der Waals surface area contributed by atoms with Gasteiger partial charge < -0.3 is 5.32 Å². The van der Waals surface area contributed by atoms with Crippen LogP contribution in [0.25, 0.3) is 0 Å². The molecule has 0 unspecified atom stereocenters. The van der Waals surface area contributed by atoms with Crippen molar-refractivity contribution >= 4 is 32.9 Å². The zero-order chi connectivity index (χ0) is 23.0. The van der Waals surface area contributed by atoms with Crippen LogP contribution in [-0.2, 0) is 23.1 Å². The van der Waals surface area contributed by atoms with Gasteiger partial charge in [0.15, 0.2) is 10.7 Å². The van der Waals surface area contributed by atoms with E-state index in [2.05, 4.69) is 38.1 Å². The first-order valence-electron chi connectivity index (χ1n) is 10.9. The van der Waals surface area contributed by atoms with E-state index in [1.807, 2.05) is 0 Å². The second kappa shape index (κ2) is 9.00. The zero-order valence-electron chi connectivity index (χ0n) is 17.9. The minimum Gasteiger partial charge on any atom is -0.381 e. The molecule has 0 bridgehead atoms. The Kier molecular flexibility index (Phi) is 6.07. The molecule has 6 nitrogen and oxygen atoms in total. The molecule has 1 aliphatic heterocycles. The van der Waals surface area contributed by atoms with Crippen molar-refractivity contribution in [1.29, 1.82) is 0 Å². The highest BCUT2D eigenvalue weighted by Crippen LogP contribution is 2.42. The van der Waals surface area contributed by atoms with Crippen molar-refractivity contribution in [3.63, 3.8) is 0 Å². The van der Waals surface area contributed by atoms with Gasteiger partial charge in [-0.05, 0) is 67.1 Å². The summed E-state index contributed by atoms with van der Waals surface area (Å²) in [6.07, 6.45) is 3.52. The number of benzene rings is 2. The molecule has 3 aromatic rings. The van der Waals surface area contributed by atoms with E-state index in [0.29, 0.717) is 12.5 Å². The maximum absolute atomic E-state index is 14.8. The van der Waals surface area contributed by atoms with E-state index < -0.39 is 26.6 Å². The molecule has 2 aromatic carbocycles. The maximum atomic E-state index is 14.8. The van der Waals surface area contributed by atoms with Crippen molar-refractivity contribution in [2.45, 2.75) is 43.2 Å². The lowest BCUT2D eigenvalue weighted by Gasteiger charge is -2.32. The number of likely N-dealkylation sites (tertiary alicyclic amines) is 1. The average molecular weight is 491 g/mol. The van der Waals surface area contributed by atoms with E-state index in [1.54, 1.807) is 0 Å². The third-order valence-corrected chi connectivity index (χ3v) is 8.07. The molecule has 1 saturated carbocycles. The topological polar surface area (TPSA) is 74.3 Å². The molecule has 10 heteroatoms. The number of hydrogen-bond acceptors (Lipinski definition) is 6. The fourth-order valence-corrected chi connectivity index (χ4v) is 5.82. The molecule has 1 aromatic heterocycles. The van der Waals surface area contributed by atoms with E-state index in [0.717, 1.165) is 50.2 Å². The van der Waals surface area contributed by atoms with Crippen molar-refractivity contribution < 1.29 is 17.2 Å². The van der Waals surface area contributed by atoms with Crippen LogP contribution in [0.1, 0.15) is 41.9 Å². The van der Waals surface area contributed by atoms with Gasteiger partial charge in [-0.3, -0.25) is 9.62 Å². The molecule has 0 atom stereocenters. The van der Waals surface area contributed by atoms with Crippen LogP contribution in [0.15, 0.2) is 46.1 Å². The molecule has 5 rings (SSSR count). The first kappa shape index (κ1) is 22.2. The summed E-state index contributed by atoms with van der Waals surface area (Å²) in [6, 6.07) is 8.37. The number of thiazole rings is 1. The third-order valence-electron chi connectivity index (χ3n) is 6.08. The van der Waals surface area contributed by atoms with Crippen LogP contribution in [0.5, 0.6) is 0 Å². The molecule has 2 fully saturated rings. The van der Waals surface area contributed by atoms with Gasteiger partial charge in [0.2, 0.25) is 0 Å². The summed E-state index contributed by atoms with van der Waals surface area (Å²) in [4.78, 5) is 5.16. The van der Waals surface area contributed by atoms with E-state index in [-0.39, 0.29) is 11.5 Å². The summed E-state index contributed by atoms with van der Waals surface area (Å²) in [6.45, 7) is 3.45. The smallest absolute Gasteiger partial charge is 0.268 e. The number of nitrogens with zero attached hydrogens (tertiary/aromatic N) is 2. The molecule has 1 saturated heterocycles. The standard InChI is InChI=1S/C23H24F2N4O2S2/c24-20-9-17(10-21(25)23(20)33(30,31)28-22-13-32-14-27-22)26-11-19-16(12-29-7-2-8-29)3-1-4-18(19)15-5-6-15/h1,3-4,9-10,13-15,26,28H,2,5-8,11-12H2. The van der Waals surface area contributed by atoms with Gasteiger partial charge in [-0.15, -0.1) is 11.3 Å². The molecule has 174 valence electrons. The summed E-state index contributed by atoms with van der Waals surface area (Å²) in [5.74, 6) is -1.75. The highest BCUT2D eigenvalue weighted by atomic mass is 32.2. The molecule has 2 N–H and O–H groups in total. The maximum Gasteiger partial charge on any atom is 0.268 e. The second-order valence-corrected chi connectivity index (χ2v) is 10.8. The fourth-order valence-electron chi connectivity index (χ4n) is 4.14. The number of halogens is 2. The van der Waals surface area contributed by atoms with Crippen LogP contribution in [-0.4, -0.2) is 31.4 Å². The Bertz CT molecular complexity index is 1230. The van der Waals surface area contributed by atoms with Gasteiger partial charge in [0.1, 0.15) is 11.6 Å². The Morgan fingerprint density at radius 3 is 2.52 bits per heavy atom. The summed E-state index contributed by atoms with van der Waals surface area (Å²) in [5.41, 5.74) is 5.29. The second-order valence-electron chi connectivity index (χ2n) is 8.49. The molecule has 2 aliphatic rings. The van der Waals surface area contributed by atoms with Crippen molar-refractivity contribution in [3.8, 4) is 0 Å². The van der Waals surface area contributed by atoms with Crippen molar-refractivity contribution in [2.24, 2.45) is 0 Å². The number of aromatic nitrogens is 1. The minimum atomic E-state index is -4.44. The number of sulfonamides is 1. The van der Waals surface area contributed by atoms with Crippen molar-refractivity contribution in [2.75, 3.05) is 23.1 Å². The van der Waals surface area contributed by atoms with Gasteiger partial charge in [0.25, 0.3) is 10.0 Å². The summed E-state index contributed by atoms with van der Waals surface area (Å²) >= 11 is 1.17. The molecular weight excluding hydrogens is 466 g/mol. The number of rotatable bonds is 9. The van der Waals surface area contributed by atoms with E-state index >= 15 is 0 Å². The van der Waals surface area contributed by atoms with E-state index in [1.165, 1.54) is 39.8 Å². The number of anilines is 2. The van der Waals surface area contributed by atoms with Gasteiger partial charge in [0, 0.05) is 24.2 Å². The Balaban J connectivity index is 1.37. The lowest BCUT2D eigenvalue weighted by atomic mass is 9.96. The molecule has 1 aliphatic carbocycles. The lowest BCUT2D eigenvalue weighted by Crippen LogP contribution is -2.36. The largest absolute Gasteiger partial charge is 0.381 e. The summed E-state index contributed by atoms with van der Waals surface area (Å²) in [5, 5.41) is 4.56. The average Bonchev–Trinajstić information content (AvgIpc) is 3.45. The van der Waals surface area contributed by atoms with Crippen LogP contribution in [0.4, 0.5) is 20.3 Å². The minimum absolute atomic E-state index is 0.0208. The Morgan fingerprint density at radius 2 is 1.91 bits per heavy atom. The van der Waals surface area contributed by atoms with Gasteiger partial charge in [-0.2, -0.15) is 0 Å². The molecule has 0 amide bonds. The first-order valence-corrected chi connectivity index (χ1v) is 13.3. The van der Waals surface area contributed by atoms with E-state index in [4.69, 9.17) is 0 Å². The Hall–Kier alpha value is -2.56. The molecule has 33 heavy (non-hydrogen) atoms. The van der Waals surface area contributed by atoms with Crippen LogP contribution in [0, 0.1) is 11.6 Å². The highest BCUT2D eigenvalue weighted by Gasteiger charge is 2.28. The fraction of sp³-hybridized carbons (Fsp3) is 0.348. The molecular formula is C23H24F2N4O2S2. The van der Waals surface area contributed by atoms with Gasteiger partial charge in [-0.25, -0.2) is 22.2 Å². The summed E-state index contributed by atoms with van der Waals surface area (Å²) in [7, 11) is -4.44. The highest BCUT2D eigenvalue weighted by molar-refractivity contribution is 7.92.